The summed E-state index contributed by atoms with van der Waals surface area (Å²) in [5.74, 6) is 1.75. The van der Waals surface area contributed by atoms with E-state index in [0.29, 0.717) is 18.1 Å². The van der Waals surface area contributed by atoms with Crippen molar-refractivity contribution >= 4 is 5.78 Å². The minimum Gasteiger partial charge on any atom is -0.496 e. The Balaban J connectivity index is 2.23. The molecular formula is C14H16N2O3. The van der Waals surface area contributed by atoms with Gasteiger partial charge in [0.15, 0.2) is 0 Å². The summed E-state index contributed by atoms with van der Waals surface area (Å²) < 4.78 is 10.3. The Morgan fingerprint density at radius 2 is 2.21 bits per heavy atom. The van der Waals surface area contributed by atoms with Gasteiger partial charge in [-0.25, -0.2) is 0 Å². The quantitative estimate of drug-likeness (QED) is 0.826. The Bertz CT molecular complexity index is 590. The molecule has 0 aliphatic rings. The fourth-order valence-corrected chi connectivity index (χ4v) is 1.76. The number of aromatic nitrogens is 2. The molecule has 0 amide bonds. The van der Waals surface area contributed by atoms with E-state index in [2.05, 4.69) is 10.1 Å². The third-order valence-electron chi connectivity index (χ3n) is 2.86. The predicted molar refractivity (Wildman–Crippen MR) is 70.0 cm³/mol. The Kier molecular flexibility index (Phi) is 3.94. The molecule has 0 radical (unpaired) electrons. The molecule has 0 spiro atoms. The number of Topliss-reactive ketones (excluding diaryl/α,β-unsaturated/α-hetero) is 1. The topological polar surface area (TPSA) is 65.2 Å². The molecule has 5 nitrogen and oxygen atoms in total. The van der Waals surface area contributed by atoms with Crippen LogP contribution in [0.1, 0.15) is 24.8 Å². The van der Waals surface area contributed by atoms with Crippen LogP contribution in [0.3, 0.4) is 0 Å². The minimum absolute atomic E-state index is 0.0844. The van der Waals surface area contributed by atoms with Gasteiger partial charge in [0.05, 0.1) is 13.5 Å². The second kappa shape index (κ2) is 5.65. The highest BCUT2D eigenvalue weighted by atomic mass is 16.5. The molecule has 0 saturated heterocycles. The number of hydrogen-bond acceptors (Lipinski definition) is 5. The lowest BCUT2D eigenvalue weighted by Crippen LogP contribution is -2.00. The van der Waals surface area contributed by atoms with Crippen molar-refractivity contribution in [3.05, 3.63) is 29.7 Å². The highest BCUT2D eigenvalue weighted by Gasteiger charge is 2.12. The maximum absolute atomic E-state index is 11.3. The number of ether oxygens (including phenoxy) is 1. The summed E-state index contributed by atoms with van der Waals surface area (Å²) in [7, 11) is 1.63. The molecule has 0 aliphatic carbocycles. The zero-order chi connectivity index (χ0) is 13.8. The fourth-order valence-electron chi connectivity index (χ4n) is 1.76. The van der Waals surface area contributed by atoms with E-state index < -0.39 is 0 Å². The fraction of sp³-hybridized carbons (Fsp3) is 0.357. The SMILES string of the molecule is CCC(=O)Cc1nc(-c2ccc(OC)c(C)c2)no1. The van der Waals surface area contributed by atoms with E-state index in [0.717, 1.165) is 16.9 Å². The summed E-state index contributed by atoms with van der Waals surface area (Å²) in [4.78, 5) is 15.5. The minimum atomic E-state index is 0.0844. The Hall–Kier alpha value is -2.17. The molecule has 19 heavy (non-hydrogen) atoms. The lowest BCUT2D eigenvalue weighted by atomic mass is 10.1. The van der Waals surface area contributed by atoms with Crippen LogP contribution in [0.5, 0.6) is 5.75 Å². The van der Waals surface area contributed by atoms with E-state index in [9.17, 15) is 4.79 Å². The zero-order valence-corrected chi connectivity index (χ0v) is 11.3. The molecule has 0 N–H and O–H groups in total. The van der Waals surface area contributed by atoms with Crippen LogP contribution in [0, 0.1) is 6.92 Å². The van der Waals surface area contributed by atoms with E-state index >= 15 is 0 Å². The van der Waals surface area contributed by atoms with Crippen molar-refractivity contribution in [2.75, 3.05) is 7.11 Å². The largest absolute Gasteiger partial charge is 0.496 e. The average molecular weight is 260 g/mol. The molecule has 1 heterocycles. The van der Waals surface area contributed by atoms with Crippen LogP contribution < -0.4 is 4.74 Å². The first-order chi connectivity index (χ1) is 9.13. The Morgan fingerprint density at radius 3 is 2.84 bits per heavy atom. The number of benzene rings is 1. The predicted octanol–water partition coefficient (Wildman–Crippen LogP) is 2.58. The van der Waals surface area contributed by atoms with Crippen molar-refractivity contribution in [3.8, 4) is 17.1 Å². The van der Waals surface area contributed by atoms with Gasteiger partial charge in [-0.3, -0.25) is 4.79 Å². The third kappa shape index (κ3) is 2.99. The van der Waals surface area contributed by atoms with Gasteiger partial charge in [0.25, 0.3) is 0 Å². The molecule has 2 rings (SSSR count). The number of nitrogens with zero attached hydrogens (tertiary/aromatic N) is 2. The van der Waals surface area contributed by atoms with Crippen LogP contribution in [-0.4, -0.2) is 23.0 Å². The van der Waals surface area contributed by atoms with Crippen molar-refractivity contribution in [2.24, 2.45) is 0 Å². The van der Waals surface area contributed by atoms with Gasteiger partial charge in [0, 0.05) is 12.0 Å². The first kappa shape index (κ1) is 13.3. The molecule has 1 aromatic carbocycles. The molecule has 0 atom stereocenters. The molecule has 100 valence electrons. The molecule has 5 heteroatoms. The molecule has 1 aromatic heterocycles. The van der Waals surface area contributed by atoms with Gasteiger partial charge in [0.1, 0.15) is 11.5 Å². The van der Waals surface area contributed by atoms with E-state index in [-0.39, 0.29) is 12.2 Å². The lowest BCUT2D eigenvalue weighted by Gasteiger charge is -2.04. The molecule has 0 aliphatic heterocycles. The summed E-state index contributed by atoms with van der Waals surface area (Å²) >= 11 is 0. The molecule has 0 fully saturated rings. The van der Waals surface area contributed by atoms with Gasteiger partial charge in [-0.2, -0.15) is 4.98 Å². The van der Waals surface area contributed by atoms with Crippen molar-refractivity contribution < 1.29 is 14.1 Å². The van der Waals surface area contributed by atoms with Gasteiger partial charge in [-0.1, -0.05) is 12.1 Å². The third-order valence-corrected chi connectivity index (χ3v) is 2.86. The number of rotatable bonds is 5. The zero-order valence-electron chi connectivity index (χ0n) is 11.3. The van der Waals surface area contributed by atoms with Crippen molar-refractivity contribution in [1.82, 2.24) is 10.1 Å². The molecule has 2 aromatic rings. The molecule has 0 bridgehead atoms. The molecule has 0 unspecified atom stereocenters. The second-order valence-electron chi connectivity index (χ2n) is 4.27. The summed E-state index contributed by atoms with van der Waals surface area (Å²) in [5.41, 5.74) is 1.84. The van der Waals surface area contributed by atoms with Gasteiger partial charge in [-0.05, 0) is 30.7 Å². The van der Waals surface area contributed by atoms with Crippen molar-refractivity contribution in [2.45, 2.75) is 26.7 Å². The van der Waals surface area contributed by atoms with Crippen molar-refractivity contribution in [1.29, 1.82) is 0 Å². The maximum Gasteiger partial charge on any atom is 0.234 e. The number of ketones is 1. The molecular weight excluding hydrogens is 244 g/mol. The molecule has 0 saturated carbocycles. The summed E-state index contributed by atoms with van der Waals surface area (Å²) in [6.07, 6.45) is 0.665. The van der Waals surface area contributed by atoms with E-state index in [4.69, 9.17) is 9.26 Å². The number of carbonyl (C=O) groups excluding carboxylic acids is 1. The summed E-state index contributed by atoms with van der Waals surface area (Å²) in [6.45, 7) is 3.76. The Morgan fingerprint density at radius 1 is 1.42 bits per heavy atom. The highest BCUT2D eigenvalue weighted by Crippen LogP contribution is 2.24. The first-order valence-electron chi connectivity index (χ1n) is 6.13. The van der Waals surface area contributed by atoms with E-state index in [1.165, 1.54) is 0 Å². The van der Waals surface area contributed by atoms with Crippen LogP contribution in [-0.2, 0) is 11.2 Å². The standard InChI is InChI=1S/C14H16N2O3/c1-4-11(17)8-13-15-14(16-19-13)10-5-6-12(18-3)9(2)7-10/h5-7H,4,8H2,1-3H3. The van der Waals surface area contributed by atoms with Crippen LogP contribution in [0.25, 0.3) is 11.4 Å². The summed E-state index contributed by atoms with van der Waals surface area (Å²) in [5, 5.41) is 3.89. The number of methoxy groups -OCH3 is 1. The maximum atomic E-state index is 11.3. The van der Waals surface area contributed by atoms with Crippen molar-refractivity contribution in [3.63, 3.8) is 0 Å². The van der Waals surface area contributed by atoms with Gasteiger partial charge < -0.3 is 9.26 Å². The highest BCUT2D eigenvalue weighted by molar-refractivity contribution is 5.79. The Labute approximate surface area is 111 Å². The average Bonchev–Trinajstić information content (AvgIpc) is 2.87. The number of carbonyl (C=O) groups is 1. The first-order valence-corrected chi connectivity index (χ1v) is 6.13. The van der Waals surface area contributed by atoms with Gasteiger partial charge >= 0.3 is 0 Å². The normalized spacial score (nSPS) is 10.5. The smallest absolute Gasteiger partial charge is 0.234 e. The van der Waals surface area contributed by atoms with Crippen LogP contribution >= 0.6 is 0 Å². The van der Waals surface area contributed by atoms with Crippen LogP contribution in [0.4, 0.5) is 0 Å². The number of aryl methyl sites for hydroxylation is 1. The van der Waals surface area contributed by atoms with Gasteiger partial charge in [-0.15, -0.1) is 0 Å². The van der Waals surface area contributed by atoms with Crippen LogP contribution in [0.15, 0.2) is 22.7 Å². The van der Waals surface area contributed by atoms with Crippen LogP contribution in [0.2, 0.25) is 0 Å². The number of hydrogen-bond donors (Lipinski definition) is 0. The monoisotopic (exact) mass is 260 g/mol. The van der Waals surface area contributed by atoms with E-state index in [1.807, 2.05) is 32.0 Å². The lowest BCUT2D eigenvalue weighted by molar-refractivity contribution is -0.118. The van der Waals surface area contributed by atoms with E-state index in [1.54, 1.807) is 7.11 Å². The van der Waals surface area contributed by atoms with Gasteiger partial charge in [0.2, 0.25) is 11.7 Å². The second-order valence-corrected chi connectivity index (χ2v) is 4.27. The summed E-state index contributed by atoms with van der Waals surface area (Å²) in [6, 6.07) is 5.65.